The maximum atomic E-state index is 12.7. The molecule has 0 aliphatic carbocycles. The Morgan fingerprint density at radius 2 is 2.19 bits per heavy atom. The summed E-state index contributed by atoms with van der Waals surface area (Å²) in [5.41, 5.74) is 0. The van der Waals surface area contributed by atoms with Crippen LogP contribution in [0.2, 0.25) is 0 Å². The van der Waals surface area contributed by atoms with Crippen molar-refractivity contribution in [2.75, 3.05) is 19.7 Å². The monoisotopic (exact) mass is 444 g/mol. The molecule has 2 rings (SSSR count). The molecule has 1 aliphatic rings. The number of nitrogens with zero attached hydrogens (tertiary/aromatic N) is 1. The molecule has 26 heavy (non-hydrogen) atoms. The van der Waals surface area contributed by atoms with Gasteiger partial charge >= 0.3 is 5.97 Å². The van der Waals surface area contributed by atoms with Gasteiger partial charge in [-0.25, -0.2) is 0 Å². The maximum absolute atomic E-state index is 12.7. The van der Waals surface area contributed by atoms with Gasteiger partial charge in [-0.2, -0.15) is 0 Å². The van der Waals surface area contributed by atoms with Gasteiger partial charge in [0.25, 0.3) is 5.91 Å². The molecular weight excluding hydrogens is 420 g/mol. The van der Waals surface area contributed by atoms with Crippen LogP contribution in [0.25, 0.3) is 0 Å². The normalized spacial score (nSPS) is 18.3. The molecule has 2 atom stereocenters. The Bertz CT molecular complexity index is 649. The molecule has 144 valence electrons. The average molecular weight is 445 g/mol. The topological polar surface area (TPSA) is 75.7 Å². The van der Waals surface area contributed by atoms with Gasteiger partial charge in [0.1, 0.15) is 6.04 Å². The quantitative estimate of drug-likeness (QED) is 0.654. The molecule has 1 aromatic heterocycles. The summed E-state index contributed by atoms with van der Waals surface area (Å²) in [4.78, 5) is 38.8. The third kappa shape index (κ3) is 6.09. The zero-order valence-corrected chi connectivity index (χ0v) is 17.5. The summed E-state index contributed by atoms with van der Waals surface area (Å²) in [5.74, 6) is -0.195. The second-order valence-electron chi connectivity index (χ2n) is 6.44. The van der Waals surface area contributed by atoms with E-state index in [1.54, 1.807) is 24.8 Å². The van der Waals surface area contributed by atoms with Gasteiger partial charge < -0.3 is 15.0 Å². The van der Waals surface area contributed by atoms with Gasteiger partial charge in [0, 0.05) is 19.5 Å². The highest BCUT2D eigenvalue weighted by Gasteiger charge is 2.28. The van der Waals surface area contributed by atoms with Crippen LogP contribution in [0.15, 0.2) is 15.9 Å². The van der Waals surface area contributed by atoms with Crippen LogP contribution in [0.5, 0.6) is 0 Å². The first-order valence-corrected chi connectivity index (χ1v) is 10.5. The van der Waals surface area contributed by atoms with Gasteiger partial charge in [-0.05, 0) is 67.1 Å². The van der Waals surface area contributed by atoms with Gasteiger partial charge in [0.05, 0.1) is 15.3 Å². The van der Waals surface area contributed by atoms with E-state index in [-0.39, 0.29) is 17.8 Å². The summed E-state index contributed by atoms with van der Waals surface area (Å²) >= 11 is 4.66. The zero-order chi connectivity index (χ0) is 19.1. The fourth-order valence-electron chi connectivity index (χ4n) is 3.10. The number of rotatable bonds is 7. The number of likely N-dealkylation sites (tertiary alicyclic amines) is 1. The fourth-order valence-corrected chi connectivity index (χ4v) is 4.38. The Labute approximate surface area is 166 Å². The predicted molar refractivity (Wildman–Crippen MR) is 104 cm³/mol. The minimum Gasteiger partial charge on any atom is -0.466 e. The van der Waals surface area contributed by atoms with E-state index in [0.29, 0.717) is 36.9 Å². The van der Waals surface area contributed by atoms with Crippen molar-refractivity contribution in [1.29, 1.82) is 0 Å². The first-order chi connectivity index (χ1) is 12.4. The van der Waals surface area contributed by atoms with E-state index in [2.05, 4.69) is 21.2 Å². The van der Waals surface area contributed by atoms with E-state index in [0.717, 1.165) is 23.0 Å². The smallest absolute Gasteiger partial charge is 0.305 e. The van der Waals surface area contributed by atoms with E-state index < -0.39 is 6.04 Å². The van der Waals surface area contributed by atoms with Crippen LogP contribution in [0.1, 0.15) is 49.2 Å². The van der Waals surface area contributed by atoms with Gasteiger partial charge in [-0.15, -0.1) is 11.3 Å². The molecular formula is C18H25BrN2O4S. The maximum Gasteiger partial charge on any atom is 0.305 e. The molecule has 8 heteroatoms. The van der Waals surface area contributed by atoms with Crippen molar-refractivity contribution in [3.63, 3.8) is 0 Å². The second-order valence-corrected chi connectivity index (χ2v) is 8.90. The molecule has 1 aliphatic heterocycles. The number of nitrogens with one attached hydrogen (secondary N) is 1. The van der Waals surface area contributed by atoms with E-state index in [4.69, 9.17) is 4.74 Å². The van der Waals surface area contributed by atoms with Crippen LogP contribution in [-0.4, -0.2) is 48.4 Å². The minimum absolute atomic E-state index is 0.0743. The van der Waals surface area contributed by atoms with Gasteiger partial charge in [0.2, 0.25) is 5.91 Å². The van der Waals surface area contributed by atoms with Crippen LogP contribution in [0.3, 0.4) is 0 Å². The lowest BCUT2D eigenvalue weighted by molar-refractivity contribution is -0.143. The highest BCUT2D eigenvalue weighted by atomic mass is 79.9. The number of halogens is 1. The number of hydrogen-bond acceptors (Lipinski definition) is 5. The third-order valence-corrected chi connectivity index (χ3v) is 6.03. The number of ether oxygens (including phenoxy) is 1. The number of amides is 2. The Balaban J connectivity index is 1.83. The lowest BCUT2D eigenvalue weighted by atomic mass is 9.93. The van der Waals surface area contributed by atoms with Crippen molar-refractivity contribution in [3.05, 3.63) is 20.8 Å². The second kappa shape index (κ2) is 10.1. The summed E-state index contributed by atoms with van der Waals surface area (Å²) in [6.45, 7) is 5.23. The summed E-state index contributed by atoms with van der Waals surface area (Å²) in [5, 5.41) is 2.77. The molecule has 0 spiro atoms. The van der Waals surface area contributed by atoms with Crippen molar-refractivity contribution < 1.29 is 19.1 Å². The molecule has 0 aromatic carbocycles. The fraction of sp³-hybridized carbons (Fsp3) is 0.611. The first kappa shape index (κ1) is 20.9. The Hall–Kier alpha value is -1.41. The first-order valence-electron chi connectivity index (χ1n) is 8.91. The minimum atomic E-state index is -0.577. The average Bonchev–Trinajstić information content (AvgIpc) is 3.06. The molecule has 0 unspecified atom stereocenters. The van der Waals surface area contributed by atoms with E-state index in [1.807, 2.05) is 6.07 Å². The summed E-state index contributed by atoms with van der Waals surface area (Å²) in [6.07, 6.45) is 3.04. The van der Waals surface area contributed by atoms with Crippen molar-refractivity contribution in [2.45, 2.75) is 45.6 Å². The number of carbonyl (C=O) groups is 3. The van der Waals surface area contributed by atoms with E-state index in [1.165, 1.54) is 11.3 Å². The number of esters is 1. The number of hydrogen-bond donors (Lipinski definition) is 1. The van der Waals surface area contributed by atoms with Crippen molar-refractivity contribution in [1.82, 2.24) is 10.2 Å². The Morgan fingerprint density at radius 3 is 2.85 bits per heavy atom. The molecule has 1 saturated heterocycles. The number of thiophene rings is 1. The zero-order valence-electron chi connectivity index (χ0n) is 15.1. The SMILES string of the molecule is CCOC(=O)CC[C@H]1CCCN(C(=O)[C@H](C)NC(=O)c2ccc(Br)s2)C1. The summed E-state index contributed by atoms with van der Waals surface area (Å²) in [6, 6.07) is 2.96. The number of piperidine rings is 1. The highest BCUT2D eigenvalue weighted by Crippen LogP contribution is 2.23. The van der Waals surface area contributed by atoms with Crippen molar-refractivity contribution in [2.24, 2.45) is 5.92 Å². The largest absolute Gasteiger partial charge is 0.466 e. The Kier molecular flexibility index (Phi) is 8.09. The predicted octanol–water partition coefficient (Wildman–Crippen LogP) is 3.21. The molecule has 1 N–H and O–H groups in total. The molecule has 0 bridgehead atoms. The van der Waals surface area contributed by atoms with Crippen LogP contribution < -0.4 is 5.32 Å². The Morgan fingerprint density at radius 1 is 1.42 bits per heavy atom. The molecule has 6 nitrogen and oxygen atoms in total. The standard InChI is InChI=1S/C18H25BrN2O4S/c1-3-25-16(22)9-6-13-5-4-10-21(11-13)18(24)12(2)20-17(23)14-7-8-15(19)26-14/h7-8,12-13H,3-6,9-11H2,1-2H3,(H,20,23)/t12-,13+/m0/s1. The molecule has 0 radical (unpaired) electrons. The molecule has 2 heterocycles. The molecule has 1 fully saturated rings. The molecule has 2 amide bonds. The van der Waals surface area contributed by atoms with Crippen LogP contribution in [0.4, 0.5) is 0 Å². The van der Waals surface area contributed by atoms with Crippen LogP contribution >= 0.6 is 27.3 Å². The lowest BCUT2D eigenvalue weighted by Crippen LogP contribution is -2.50. The third-order valence-electron chi connectivity index (χ3n) is 4.41. The van der Waals surface area contributed by atoms with Crippen LogP contribution in [-0.2, 0) is 14.3 Å². The molecule has 0 saturated carbocycles. The molecule has 1 aromatic rings. The van der Waals surface area contributed by atoms with Gasteiger partial charge in [-0.1, -0.05) is 0 Å². The summed E-state index contributed by atoms with van der Waals surface area (Å²) in [7, 11) is 0. The van der Waals surface area contributed by atoms with Crippen molar-refractivity contribution in [3.8, 4) is 0 Å². The van der Waals surface area contributed by atoms with Crippen molar-refractivity contribution >= 4 is 45.1 Å². The van der Waals surface area contributed by atoms with Gasteiger partial charge in [0.15, 0.2) is 0 Å². The highest BCUT2D eigenvalue weighted by molar-refractivity contribution is 9.11. The van der Waals surface area contributed by atoms with Crippen LogP contribution in [0, 0.1) is 5.92 Å². The lowest BCUT2D eigenvalue weighted by Gasteiger charge is -2.34. The number of carbonyl (C=O) groups excluding carboxylic acids is 3. The van der Waals surface area contributed by atoms with E-state index in [9.17, 15) is 14.4 Å². The summed E-state index contributed by atoms with van der Waals surface area (Å²) < 4.78 is 5.84. The van der Waals surface area contributed by atoms with Gasteiger partial charge in [-0.3, -0.25) is 14.4 Å². The van der Waals surface area contributed by atoms with E-state index >= 15 is 0 Å².